The van der Waals surface area contributed by atoms with Gasteiger partial charge in [-0.15, -0.1) is 0 Å². The number of nitrogens with zero attached hydrogens (tertiary/aromatic N) is 2. The van der Waals surface area contributed by atoms with Crippen LogP contribution in [0.1, 0.15) is 24.6 Å². The number of fused-ring (bicyclic) bond motifs is 2. The first-order valence-corrected chi connectivity index (χ1v) is 7.72. The van der Waals surface area contributed by atoms with E-state index in [1.807, 2.05) is 6.07 Å². The molecular weight excluding hydrogens is 288 g/mol. The number of aromatic nitrogens is 3. The van der Waals surface area contributed by atoms with E-state index in [9.17, 15) is 4.79 Å². The first-order chi connectivity index (χ1) is 11.1. The molecule has 5 nitrogen and oxygen atoms in total. The molecule has 4 rings (SSSR count). The molecule has 3 heterocycles. The van der Waals surface area contributed by atoms with Crippen molar-refractivity contribution in [2.45, 2.75) is 19.8 Å². The zero-order valence-electron chi connectivity index (χ0n) is 13.2. The Hall–Kier alpha value is -2.82. The largest absolute Gasteiger partial charge is 0.353 e. The Bertz CT molecular complexity index is 912. The number of rotatable bonds is 2. The zero-order valence-corrected chi connectivity index (χ0v) is 13.2. The van der Waals surface area contributed by atoms with Crippen molar-refractivity contribution in [1.82, 2.24) is 19.9 Å². The van der Waals surface area contributed by atoms with E-state index < -0.39 is 0 Å². The van der Waals surface area contributed by atoms with Crippen LogP contribution in [0.3, 0.4) is 0 Å². The molecule has 0 atom stereocenters. The smallest absolute Gasteiger partial charge is 0.220 e. The number of nitrogens with one attached hydrogen (secondary N) is 2. The third-order valence-electron chi connectivity index (χ3n) is 4.32. The molecule has 3 aromatic heterocycles. The Morgan fingerprint density at radius 1 is 1.39 bits per heavy atom. The molecule has 3 aromatic rings. The van der Waals surface area contributed by atoms with Gasteiger partial charge in [-0.2, -0.15) is 0 Å². The molecule has 1 aliphatic carbocycles. The molecule has 0 saturated heterocycles. The number of hydrogen-bond acceptors (Lipinski definition) is 2. The van der Waals surface area contributed by atoms with Gasteiger partial charge < -0.3 is 14.9 Å². The molecule has 23 heavy (non-hydrogen) atoms. The van der Waals surface area contributed by atoms with Crippen LogP contribution in [0.25, 0.3) is 28.4 Å². The van der Waals surface area contributed by atoms with E-state index in [1.54, 1.807) is 13.1 Å². The number of carbonyl (C=O) groups is 1. The third kappa shape index (κ3) is 2.34. The number of aromatic amines is 1. The van der Waals surface area contributed by atoms with Gasteiger partial charge in [0, 0.05) is 60.0 Å². The van der Waals surface area contributed by atoms with Gasteiger partial charge in [-0.05, 0) is 37.1 Å². The maximum Gasteiger partial charge on any atom is 0.220 e. The highest BCUT2D eigenvalue weighted by Crippen LogP contribution is 2.34. The number of allylic oxidation sites excluding steroid dienone is 1. The average molecular weight is 306 g/mol. The van der Waals surface area contributed by atoms with E-state index in [4.69, 9.17) is 0 Å². The molecule has 0 radical (unpaired) electrons. The Morgan fingerprint density at radius 2 is 2.26 bits per heavy atom. The normalized spacial score (nSPS) is 13.7. The van der Waals surface area contributed by atoms with E-state index in [0.717, 1.165) is 40.8 Å². The fraction of sp³-hybridized carbons (Fsp3) is 0.222. The lowest BCUT2D eigenvalue weighted by atomic mass is 9.98. The molecule has 0 spiro atoms. The molecule has 5 heteroatoms. The van der Waals surface area contributed by atoms with Crippen LogP contribution in [-0.4, -0.2) is 20.4 Å². The molecular formula is C18H18N4O. The first kappa shape index (κ1) is 13.8. The minimum Gasteiger partial charge on any atom is -0.353 e. The standard InChI is InChI=1S/C18H18N4O/c1-11(23)20-13-5-6-17-14(9-13)15(10-22(17)2)16-8-12-4-3-7-19-18(12)21-16/h3-4,7-10H,5-6H2,1-2H3,(H,19,21)(H,20,23). The molecule has 0 aliphatic heterocycles. The van der Waals surface area contributed by atoms with Crippen LogP contribution in [-0.2, 0) is 18.3 Å². The second kappa shape index (κ2) is 5.12. The summed E-state index contributed by atoms with van der Waals surface area (Å²) in [6.07, 6.45) is 7.81. The van der Waals surface area contributed by atoms with E-state index in [0.29, 0.717) is 0 Å². The summed E-state index contributed by atoms with van der Waals surface area (Å²) in [4.78, 5) is 19.1. The van der Waals surface area contributed by atoms with Gasteiger partial charge >= 0.3 is 0 Å². The Kier molecular flexibility index (Phi) is 3.08. The number of carbonyl (C=O) groups excluding carboxylic acids is 1. The van der Waals surface area contributed by atoms with Crippen molar-refractivity contribution in [3.05, 3.63) is 47.5 Å². The van der Waals surface area contributed by atoms with Crippen molar-refractivity contribution < 1.29 is 4.79 Å². The predicted octanol–water partition coefficient (Wildman–Crippen LogP) is 2.99. The Morgan fingerprint density at radius 3 is 3.04 bits per heavy atom. The number of H-pyrrole nitrogens is 1. The number of aryl methyl sites for hydroxylation is 1. The minimum atomic E-state index is -0.0213. The van der Waals surface area contributed by atoms with E-state index >= 15 is 0 Å². The maximum atomic E-state index is 11.3. The fourth-order valence-corrected chi connectivity index (χ4v) is 3.30. The second-order valence-corrected chi connectivity index (χ2v) is 5.99. The summed E-state index contributed by atoms with van der Waals surface area (Å²) in [5.41, 5.74) is 6.53. The maximum absolute atomic E-state index is 11.3. The monoisotopic (exact) mass is 306 g/mol. The van der Waals surface area contributed by atoms with Gasteiger partial charge in [0.25, 0.3) is 0 Å². The minimum absolute atomic E-state index is 0.0213. The SMILES string of the molecule is CC(=O)NC1=Cc2c(-c3cc4cccnc4[nH]3)cn(C)c2CC1. The summed E-state index contributed by atoms with van der Waals surface area (Å²) in [5, 5.41) is 4.03. The number of hydrogen-bond donors (Lipinski definition) is 2. The topological polar surface area (TPSA) is 62.7 Å². The zero-order chi connectivity index (χ0) is 16.0. The summed E-state index contributed by atoms with van der Waals surface area (Å²) in [6.45, 7) is 1.55. The van der Waals surface area contributed by atoms with Crippen molar-refractivity contribution in [3.8, 4) is 11.3 Å². The molecule has 0 saturated carbocycles. The van der Waals surface area contributed by atoms with Crippen LogP contribution < -0.4 is 5.32 Å². The molecule has 0 unspecified atom stereocenters. The van der Waals surface area contributed by atoms with Gasteiger partial charge in [0.1, 0.15) is 5.65 Å². The van der Waals surface area contributed by atoms with Crippen molar-refractivity contribution in [2.24, 2.45) is 7.05 Å². The van der Waals surface area contributed by atoms with Crippen LogP contribution >= 0.6 is 0 Å². The van der Waals surface area contributed by atoms with Gasteiger partial charge in [-0.1, -0.05) is 0 Å². The van der Waals surface area contributed by atoms with Gasteiger partial charge in [0.2, 0.25) is 5.91 Å². The average Bonchev–Trinajstić information content (AvgIpc) is 3.08. The second-order valence-electron chi connectivity index (χ2n) is 5.99. The third-order valence-corrected chi connectivity index (χ3v) is 4.32. The van der Waals surface area contributed by atoms with Gasteiger partial charge in [-0.25, -0.2) is 4.98 Å². The number of pyridine rings is 1. The van der Waals surface area contributed by atoms with Crippen LogP contribution in [0.15, 0.2) is 36.3 Å². The summed E-state index contributed by atoms with van der Waals surface area (Å²) in [6, 6.07) is 6.12. The summed E-state index contributed by atoms with van der Waals surface area (Å²) in [5.74, 6) is -0.0213. The van der Waals surface area contributed by atoms with Crippen LogP contribution in [0.4, 0.5) is 0 Å². The quantitative estimate of drug-likeness (QED) is 0.764. The molecule has 1 aliphatic rings. The summed E-state index contributed by atoms with van der Waals surface area (Å²) >= 11 is 0. The predicted molar refractivity (Wildman–Crippen MR) is 90.6 cm³/mol. The lowest BCUT2D eigenvalue weighted by Crippen LogP contribution is -2.21. The molecule has 0 fully saturated rings. The molecule has 0 aromatic carbocycles. The van der Waals surface area contributed by atoms with Crippen molar-refractivity contribution in [1.29, 1.82) is 0 Å². The van der Waals surface area contributed by atoms with Crippen molar-refractivity contribution >= 4 is 23.0 Å². The molecule has 2 N–H and O–H groups in total. The molecule has 116 valence electrons. The molecule has 1 amide bonds. The van der Waals surface area contributed by atoms with Crippen molar-refractivity contribution in [3.63, 3.8) is 0 Å². The van der Waals surface area contributed by atoms with Crippen LogP contribution in [0.2, 0.25) is 0 Å². The van der Waals surface area contributed by atoms with Gasteiger partial charge in [-0.3, -0.25) is 4.79 Å². The van der Waals surface area contributed by atoms with Gasteiger partial charge in [0.05, 0.1) is 0 Å². The van der Waals surface area contributed by atoms with E-state index in [-0.39, 0.29) is 5.91 Å². The van der Waals surface area contributed by atoms with Crippen molar-refractivity contribution in [2.75, 3.05) is 0 Å². The van der Waals surface area contributed by atoms with Crippen LogP contribution in [0.5, 0.6) is 0 Å². The highest BCUT2D eigenvalue weighted by atomic mass is 16.1. The lowest BCUT2D eigenvalue weighted by Gasteiger charge is -2.16. The first-order valence-electron chi connectivity index (χ1n) is 7.72. The van der Waals surface area contributed by atoms with Gasteiger partial charge in [0.15, 0.2) is 0 Å². The lowest BCUT2D eigenvalue weighted by molar-refractivity contribution is -0.118. The Labute approximate surface area is 134 Å². The van der Waals surface area contributed by atoms with E-state index in [2.05, 4.69) is 51.3 Å². The summed E-state index contributed by atoms with van der Waals surface area (Å²) in [7, 11) is 2.07. The highest BCUT2D eigenvalue weighted by Gasteiger charge is 2.20. The number of amides is 1. The summed E-state index contributed by atoms with van der Waals surface area (Å²) < 4.78 is 2.17. The molecule has 0 bridgehead atoms. The van der Waals surface area contributed by atoms with E-state index in [1.165, 1.54) is 11.3 Å². The van der Waals surface area contributed by atoms with Crippen LogP contribution in [0, 0.1) is 0 Å². The Balaban J connectivity index is 1.85. The highest BCUT2D eigenvalue weighted by molar-refractivity contribution is 5.87. The fourth-order valence-electron chi connectivity index (χ4n) is 3.30.